The van der Waals surface area contributed by atoms with Crippen molar-refractivity contribution in [1.29, 1.82) is 5.26 Å². The molecule has 0 aliphatic carbocycles. The minimum atomic E-state index is 0.0437. The Morgan fingerprint density at radius 1 is 1.19 bits per heavy atom. The van der Waals surface area contributed by atoms with Gasteiger partial charge in [0, 0.05) is 33.1 Å². The van der Waals surface area contributed by atoms with Crippen molar-refractivity contribution in [1.82, 2.24) is 20.1 Å². The van der Waals surface area contributed by atoms with Crippen LogP contribution in [0.3, 0.4) is 0 Å². The van der Waals surface area contributed by atoms with Crippen LogP contribution in [0.5, 0.6) is 0 Å². The molecule has 9 heteroatoms. The molecule has 1 saturated heterocycles. The summed E-state index contributed by atoms with van der Waals surface area (Å²) in [6, 6.07) is 5.65. The van der Waals surface area contributed by atoms with Crippen molar-refractivity contribution in [3.63, 3.8) is 0 Å². The summed E-state index contributed by atoms with van der Waals surface area (Å²) in [6.45, 7) is 6.81. The molecule has 1 atom stereocenters. The quantitative estimate of drug-likeness (QED) is 0.697. The highest BCUT2D eigenvalue weighted by Crippen LogP contribution is 2.30. The molecule has 3 aromatic rings. The van der Waals surface area contributed by atoms with Gasteiger partial charge in [-0.05, 0) is 19.1 Å². The van der Waals surface area contributed by atoms with Gasteiger partial charge in [0.2, 0.25) is 23.4 Å². The predicted molar refractivity (Wildman–Crippen MR) is 90.2 cm³/mol. The van der Waals surface area contributed by atoms with Crippen LogP contribution in [0.25, 0.3) is 11.7 Å². The Morgan fingerprint density at radius 3 is 2.62 bits per heavy atom. The first-order valence-electron chi connectivity index (χ1n) is 8.39. The van der Waals surface area contributed by atoms with E-state index in [-0.39, 0.29) is 11.7 Å². The second-order valence-corrected chi connectivity index (χ2v) is 6.12. The lowest BCUT2D eigenvalue weighted by molar-refractivity contribution is 0.170. The third-order valence-electron chi connectivity index (χ3n) is 4.50. The molecule has 1 unspecified atom stereocenters. The zero-order valence-electron chi connectivity index (χ0n) is 14.5. The number of hydrogen-bond acceptors (Lipinski definition) is 9. The monoisotopic (exact) mass is 354 g/mol. The van der Waals surface area contributed by atoms with Crippen molar-refractivity contribution >= 4 is 5.88 Å². The third kappa shape index (κ3) is 2.95. The van der Waals surface area contributed by atoms with E-state index in [2.05, 4.69) is 26.2 Å². The number of aryl methyl sites for hydroxylation is 1. The summed E-state index contributed by atoms with van der Waals surface area (Å²) in [6.07, 6.45) is 1.55. The van der Waals surface area contributed by atoms with Crippen LogP contribution in [0.15, 0.2) is 31.6 Å². The highest BCUT2D eigenvalue weighted by atomic mass is 16.4. The number of hydrogen-bond donors (Lipinski definition) is 0. The Balaban J connectivity index is 1.47. The van der Waals surface area contributed by atoms with Gasteiger partial charge in [-0.1, -0.05) is 0 Å². The van der Waals surface area contributed by atoms with E-state index in [1.54, 1.807) is 25.3 Å². The molecule has 4 rings (SSSR count). The Bertz CT molecular complexity index is 915. The van der Waals surface area contributed by atoms with Gasteiger partial charge >= 0.3 is 0 Å². The first-order chi connectivity index (χ1) is 12.7. The summed E-state index contributed by atoms with van der Waals surface area (Å²) < 4.78 is 16.6. The van der Waals surface area contributed by atoms with E-state index < -0.39 is 0 Å². The number of anilines is 1. The maximum absolute atomic E-state index is 9.38. The van der Waals surface area contributed by atoms with Crippen molar-refractivity contribution in [2.24, 2.45) is 0 Å². The molecule has 0 N–H and O–H groups in total. The lowest BCUT2D eigenvalue weighted by Gasteiger charge is -2.36. The molecule has 26 heavy (non-hydrogen) atoms. The number of nitriles is 1. The average molecular weight is 354 g/mol. The largest absolute Gasteiger partial charge is 0.459 e. The smallest absolute Gasteiger partial charge is 0.266 e. The highest BCUT2D eigenvalue weighted by molar-refractivity contribution is 5.55. The van der Waals surface area contributed by atoms with E-state index in [1.807, 2.05) is 11.8 Å². The van der Waals surface area contributed by atoms with Crippen molar-refractivity contribution in [3.8, 4) is 17.7 Å². The summed E-state index contributed by atoms with van der Waals surface area (Å²) in [5.74, 6) is 2.50. The van der Waals surface area contributed by atoms with Gasteiger partial charge in [-0.15, -0.1) is 10.2 Å². The van der Waals surface area contributed by atoms with Crippen molar-refractivity contribution in [2.45, 2.75) is 19.9 Å². The molecule has 4 heterocycles. The fraction of sp³-hybridized carbons (Fsp3) is 0.412. The molecule has 1 aliphatic rings. The maximum Gasteiger partial charge on any atom is 0.266 e. The number of piperazine rings is 1. The van der Waals surface area contributed by atoms with Crippen LogP contribution in [0.2, 0.25) is 0 Å². The van der Waals surface area contributed by atoms with Gasteiger partial charge in [-0.25, -0.2) is 0 Å². The Morgan fingerprint density at radius 2 is 2.00 bits per heavy atom. The van der Waals surface area contributed by atoms with E-state index in [0.717, 1.165) is 13.1 Å². The van der Waals surface area contributed by atoms with Gasteiger partial charge in [0.15, 0.2) is 5.76 Å². The van der Waals surface area contributed by atoms with E-state index in [4.69, 9.17) is 13.3 Å². The first kappa shape index (κ1) is 16.4. The normalized spacial score (nSPS) is 16.6. The number of aromatic nitrogens is 3. The van der Waals surface area contributed by atoms with Gasteiger partial charge in [0.1, 0.15) is 6.07 Å². The molecular formula is C17H18N6O3. The van der Waals surface area contributed by atoms with E-state index in [0.29, 0.717) is 42.4 Å². The summed E-state index contributed by atoms with van der Waals surface area (Å²) in [7, 11) is 0. The van der Waals surface area contributed by atoms with Crippen LogP contribution >= 0.6 is 0 Å². The van der Waals surface area contributed by atoms with Crippen molar-refractivity contribution < 1.29 is 13.3 Å². The zero-order valence-corrected chi connectivity index (χ0v) is 14.5. The lowest BCUT2D eigenvalue weighted by Crippen LogP contribution is -2.47. The Labute approximate surface area is 149 Å². The van der Waals surface area contributed by atoms with Gasteiger partial charge in [0.25, 0.3) is 5.89 Å². The minimum Gasteiger partial charge on any atom is -0.459 e. The first-order valence-corrected chi connectivity index (χ1v) is 8.39. The molecule has 134 valence electrons. The molecule has 1 fully saturated rings. The van der Waals surface area contributed by atoms with Gasteiger partial charge in [-0.3, -0.25) is 4.90 Å². The van der Waals surface area contributed by atoms with Gasteiger partial charge in [-0.2, -0.15) is 10.2 Å². The average Bonchev–Trinajstić information content (AvgIpc) is 3.41. The Hall–Kier alpha value is -3.12. The second-order valence-electron chi connectivity index (χ2n) is 6.12. The number of nitrogens with zero attached hydrogens (tertiary/aromatic N) is 6. The van der Waals surface area contributed by atoms with Crippen molar-refractivity contribution in [2.75, 3.05) is 31.1 Å². The summed E-state index contributed by atoms with van der Waals surface area (Å²) in [4.78, 5) is 8.53. The summed E-state index contributed by atoms with van der Waals surface area (Å²) in [5.41, 5.74) is 0.269. The number of furan rings is 1. The van der Waals surface area contributed by atoms with Gasteiger partial charge in [0.05, 0.1) is 12.3 Å². The fourth-order valence-electron chi connectivity index (χ4n) is 3.05. The van der Waals surface area contributed by atoms with Crippen LogP contribution in [-0.2, 0) is 0 Å². The Kier molecular flexibility index (Phi) is 4.18. The van der Waals surface area contributed by atoms with Crippen LogP contribution < -0.4 is 4.90 Å². The molecule has 0 radical (unpaired) electrons. The maximum atomic E-state index is 9.38. The molecule has 0 bridgehead atoms. The molecular weight excluding hydrogens is 336 g/mol. The molecule has 0 amide bonds. The van der Waals surface area contributed by atoms with Crippen LogP contribution in [0.4, 0.5) is 5.88 Å². The van der Waals surface area contributed by atoms with E-state index in [9.17, 15) is 5.26 Å². The third-order valence-corrected chi connectivity index (χ3v) is 4.50. The molecule has 0 saturated carbocycles. The zero-order chi connectivity index (χ0) is 18.1. The van der Waals surface area contributed by atoms with E-state index in [1.165, 1.54) is 0 Å². The summed E-state index contributed by atoms with van der Waals surface area (Å²) >= 11 is 0. The molecule has 9 nitrogen and oxygen atoms in total. The van der Waals surface area contributed by atoms with Crippen LogP contribution in [0, 0.1) is 18.3 Å². The van der Waals surface area contributed by atoms with Gasteiger partial charge < -0.3 is 18.2 Å². The van der Waals surface area contributed by atoms with E-state index >= 15 is 0 Å². The van der Waals surface area contributed by atoms with Crippen LogP contribution in [-0.4, -0.2) is 46.3 Å². The minimum absolute atomic E-state index is 0.0437. The molecule has 1 aliphatic heterocycles. The number of oxazole rings is 1. The molecule has 0 aromatic carbocycles. The topological polar surface area (TPSA) is 108 Å². The standard InChI is InChI=1S/C17H18N6O3/c1-11(15-21-20-12(2)25-15)22-5-7-23(8-6-22)17-13(10-18)19-16(26-17)14-4-3-9-24-14/h3-4,9,11H,5-8H2,1-2H3. The second kappa shape index (κ2) is 6.65. The highest BCUT2D eigenvalue weighted by Gasteiger charge is 2.29. The number of rotatable bonds is 4. The summed E-state index contributed by atoms with van der Waals surface area (Å²) in [5, 5.41) is 17.4. The van der Waals surface area contributed by atoms with Crippen molar-refractivity contribution in [3.05, 3.63) is 35.9 Å². The SMILES string of the molecule is Cc1nnc(C(C)N2CCN(c3oc(-c4ccco4)nc3C#N)CC2)o1. The predicted octanol–water partition coefficient (Wildman–Crippen LogP) is 2.38. The fourth-order valence-corrected chi connectivity index (χ4v) is 3.05. The molecule has 0 spiro atoms. The molecule has 3 aromatic heterocycles. The van der Waals surface area contributed by atoms with Crippen LogP contribution in [0.1, 0.15) is 30.4 Å². The lowest BCUT2D eigenvalue weighted by atomic mass is 10.2.